The van der Waals surface area contributed by atoms with Crippen molar-refractivity contribution < 1.29 is 29.0 Å². The number of carboxylic acids is 1. The van der Waals surface area contributed by atoms with Crippen molar-refractivity contribution in [3.05, 3.63) is 0 Å². The van der Waals surface area contributed by atoms with Gasteiger partial charge in [-0.25, -0.2) is 0 Å². The predicted molar refractivity (Wildman–Crippen MR) is 120 cm³/mol. The molecular formula is C25H44O6. The van der Waals surface area contributed by atoms with Crippen LogP contribution in [-0.2, 0) is 23.9 Å². The molecule has 0 saturated heterocycles. The van der Waals surface area contributed by atoms with Gasteiger partial charge >= 0.3 is 17.9 Å². The first-order valence-electron chi connectivity index (χ1n) is 12.3. The Morgan fingerprint density at radius 3 is 1.42 bits per heavy atom. The fraction of sp³-hybridized carbons (Fsp3) is 0.880. The Morgan fingerprint density at radius 2 is 1.06 bits per heavy atom. The van der Waals surface area contributed by atoms with Crippen molar-refractivity contribution in [2.45, 2.75) is 98.3 Å². The lowest BCUT2D eigenvalue weighted by atomic mass is 9.75. The van der Waals surface area contributed by atoms with Crippen molar-refractivity contribution in [2.75, 3.05) is 13.2 Å². The van der Waals surface area contributed by atoms with E-state index in [1.54, 1.807) is 0 Å². The lowest BCUT2D eigenvalue weighted by Crippen LogP contribution is -2.36. The van der Waals surface area contributed by atoms with Crippen molar-refractivity contribution in [1.82, 2.24) is 0 Å². The van der Waals surface area contributed by atoms with E-state index in [0.29, 0.717) is 31.5 Å². The minimum absolute atomic E-state index is 0.237. The van der Waals surface area contributed by atoms with Crippen molar-refractivity contribution in [2.24, 2.45) is 29.6 Å². The molecule has 31 heavy (non-hydrogen) atoms. The normalized spacial score (nSPS) is 21.3. The lowest BCUT2D eigenvalue weighted by Gasteiger charge is -2.30. The van der Waals surface area contributed by atoms with E-state index in [-0.39, 0.29) is 24.8 Å². The molecule has 1 aliphatic rings. The molecule has 2 atom stereocenters. The summed E-state index contributed by atoms with van der Waals surface area (Å²) in [5.74, 6) is -2.16. The van der Waals surface area contributed by atoms with E-state index >= 15 is 0 Å². The van der Waals surface area contributed by atoms with Crippen LogP contribution in [0.3, 0.4) is 0 Å². The van der Waals surface area contributed by atoms with E-state index in [0.717, 1.165) is 38.5 Å². The van der Waals surface area contributed by atoms with Crippen LogP contribution in [0.1, 0.15) is 98.3 Å². The molecule has 6 heteroatoms. The smallest absolute Gasteiger partial charge is 0.308 e. The summed E-state index contributed by atoms with van der Waals surface area (Å²) in [6.07, 6.45) is 9.02. The van der Waals surface area contributed by atoms with Crippen LogP contribution in [0.25, 0.3) is 0 Å². The van der Waals surface area contributed by atoms with Crippen LogP contribution in [0, 0.1) is 29.6 Å². The molecule has 1 N–H and O–H groups in total. The number of aliphatic carboxylic acids is 1. The number of carbonyl (C=O) groups excluding carboxylic acids is 2. The average Bonchev–Trinajstić information content (AvgIpc) is 2.71. The maximum absolute atomic E-state index is 12.5. The van der Waals surface area contributed by atoms with Gasteiger partial charge in [-0.2, -0.15) is 0 Å². The largest absolute Gasteiger partial charge is 0.481 e. The van der Waals surface area contributed by atoms with Crippen molar-refractivity contribution in [1.29, 1.82) is 0 Å². The summed E-state index contributed by atoms with van der Waals surface area (Å²) in [7, 11) is 0. The highest BCUT2D eigenvalue weighted by molar-refractivity contribution is 5.79. The number of carbonyl (C=O) groups is 3. The van der Waals surface area contributed by atoms with Crippen LogP contribution >= 0.6 is 0 Å². The van der Waals surface area contributed by atoms with Crippen LogP contribution in [0.4, 0.5) is 0 Å². The molecule has 0 spiro atoms. The number of unbranched alkanes of at least 4 members (excludes halogenated alkanes) is 4. The minimum Gasteiger partial charge on any atom is -0.481 e. The first kappa shape index (κ1) is 27.4. The highest BCUT2D eigenvalue weighted by Crippen LogP contribution is 2.35. The molecule has 1 rings (SSSR count). The van der Waals surface area contributed by atoms with Gasteiger partial charge in [0.25, 0.3) is 0 Å². The van der Waals surface area contributed by atoms with Crippen molar-refractivity contribution >= 4 is 17.9 Å². The molecule has 180 valence electrons. The SMILES string of the molecule is CC(C)CCCCCOC(=O)C1CC(C(=O)O)CC(C(=O)OCCCCCC(C)C)C1. The second-order valence-corrected chi connectivity index (χ2v) is 9.96. The Morgan fingerprint density at radius 1 is 0.677 bits per heavy atom. The molecule has 0 aromatic rings. The van der Waals surface area contributed by atoms with E-state index in [9.17, 15) is 19.5 Å². The maximum Gasteiger partial charge on any atom is 0.308 e. The third-order valence-electron chi connectivity index (χ3n) is 6.06. The predicted octanol–water partition coefficient (Wildman–Crippen LogP) is 5.62. The summed E-state index contributed by atoms with van der Waals surface area (Å²) >= 11 is 0. The highest BCUT2D eigenvalue weighted by atomic mass is 16.5. The first-order valence-corrected chi connectivity index (χ1v) is 12.3. The van der Waals surface area contributed by atoms with Gasteiger partial charge in [0.2, 0.25) is 0 Å². The number of esters is 2. The van der Waals surface area contributed by atoms with Crippen LogP contribution in [0.2, 0.25) is 0 Å². The lowest BCUT2D eigenvalue weighted by molar-refractivity contribution is -0.159. The molecule has 6 nitrogen and oxygen atoms in total. The van der Waals surface area contributed by atoms with Crippen LogP contribution < -0.4 is 0 Å². The molecule has 2 unspecified atom stereocenters. The molecule has 1 saturated carbocycles. The fourth-order valence-corrected chi connectivity index (χ4v) is 4.15. The Labute approximate surface area is 188 Å². The monoisotopic (exact) mass is 440 g/mol. The molecule has 0 amide bonds. The van der Waals surface area contributed by atoms with Crippen molar-refractivity contribution in [3.63, 3.8) is 0 Å². The molecule has 1 aliphatic carbocycles. The van der Waals surface area contributed by atoms with Crippen LogP contribution in [0.15, 0.2) is 0 Å². The highest BCUT2D eigenvalue weighted by Gasteiger charge is 2.40. The number of hydrogen-bond acceptors (Lipinski definition) is 5. The van der Waals surface area contributed by atoms with Crippen LogP contribution in [-0.4, -0.2) is 36.2 Å². The molecule has 0 aliphatic heterocycles. The van der Waals surface area contributed by atoms with Gasteiger partial charge in [-0.15, -0.1) is 0 Å². The van der Waals surface area contributed by atoms with E-state index in [2.05, 4.69) is 27.7 Å². The topological polar surface area (TPSA) is 89.9 Å². The first-order chi connectivity index (χ1) is 14.7. The molecule has 0 aromatic carbocycles. The fourth-order valence-electron chi connectivity index (χ4n) is 4.15. The molecule has 0 aromatic heterocycles. The zero-order valence-electron chi connectivity index (χ0n) is 20.1. The Kier molecular flexibility index (Phi) is 13.5. The van der Waals surface area contributed by atoms with Gasteiger partial charge in [0.1, 0.15) is 0 Å². The Balaban J connectivity index is 2.41. The number of carboxylic acid groups (broad SMARTS) is 1. The van der Waals surface area contributed by atoms with Gasteiger partial charge in [0.05, 0.1) is 31.0 Å². The molecular weight excluding hydrogens is 396 g/mol. The summed E-state index contributed by atoms with van der Waals surface area (Å²) < 4.78 is 10.8. The van der Waals surface area contributed by atoms with Gasteiger partial charge in [0, 0.05) is 0 Å². The summed E-state index contributed by atoms with van der Waals surface area (Å²) in [6, 6.07) is 0. The van der Waals surface area contributed by atoms with E-state index in [1.165, 1.54) is 12.8 Å². The Hall–Kier alpha value is -1.59. The zero-order valence-corrected chi connectivity index (χ0v) is 20.1. The summed E-state index contributed by atoms with van der Waals surface area (Å²) in [5.41, 5.74) is 0. The van der Waals surface area contributed by atoms with Crippen molar-refractivity contribution in [3.8, 4) is 0 Å². The third-order valence-corrected chi connectivity index (χ3v) is 6.06. The second kappa shape index (κ2) is 15.3. The maximum atomic E-state index is 12.5. The van der Waals surface area contributed by atoms with E-state index < -0.39 is 23.7 Å². The molecule has 0 radical (unpaired) electrons. The van der Waals surface area contributed by atoms with E-state index in [1.807, 2.05) is 0 Å². The summed E-state index contributed by atoms with van der Waals surface area (Å²) in [6.45, 7) is 9.48. The van der Waals surface area contributed by atoms with Gasteiger partial charge in [-0.05, 0) is 43.9 Å². The third kappa shape index (κ3) is 12.1. The van der Waals surface area contributed by atoms with Gasteiger partial charge in [-0.3, -0.25) is 14.4 Å². The standard InChI is InChI=1S/C25H44O6/c1-18(2)11-7-5-9-13-30-24(28)21-15-20(23(26)27)16-22(17-21)25(29)31-14-10-6-8-12-19(3)4/h18-22H,5-17H2,1-4H3,(H,26,27). The van der Waals surface area contributed by atoms with E-state index in [4.69, 9.17) is 9.47 Å². The quantitative estimate of drug-likeness (QED) is 0.262. The van der Waals surface area contributed by atoms with Gasteiger partial charge < -0.3 is 14.6 Å². The molecule has 0 bridgehead atoms. The van der Waals surface area contributed by atoms with Gasteiger partial charge in [-0.1, -0.05) is 66.2 Å². The zero-order chi connectivity index (χ0) is 23.2. The summed E-state index contributed by atoms with van der Waals surface area (Å²) in [5, 5.41) is 9.47. The van der Waals surface area contributed by atoms with Crippen LogP contribution in [0.5, 0.6) is 0 Å². The Bertz CT molecular complexity index is 502. The number of hydrogen-bond donors (Lipinski definition) is 1. The molecule has 0 heterocycles. The molecule has 1 fully saturated rings. The average molecular weight is 441 g/mol. The second-order valence-electron chi connectivity index (χ2n) is 9.96. The minimum atomic E-state index is -0.960. The van der Waals surface area contributed by atoms with Gasteiger partial charge in [0.15, 0.2) is 0 Å². The number of rotatable bonds is 15. The number of ether oxygens (including phenoxy) is 2. The summed E-state index contributed by atoms with van der Waals surface area (Å²) in [4.78, 5) is 36.6.